The van der Waals surface area contributed by atoms with E-state index in [-0.39, 0.29) is 11.7 Å². The fraction of sp³-hybridized carbons (Fsp3) is 0.154. The molecule has 0 bridgehead atoms. The summed E-state index contributed by atoms with van der Waals surface area (Å²) in [4.78, 5) is 15.2. The van der Waals surface area contributed by atoms with Gasteiger partial charge in [-0.25, -0.2) is 9.48 Å². The van der Waals surface area contributed by atoms with Crippen molar-refractivity contribution in [3.8, 4) is 5.75 Å². The minimum Gasteiger partial charge on any atom is -0.497 e. The van der Waals surface area contributed by atoms with Crippen LogP contribution in [0.3, 0.4) is 0 Å². The number of benzene rings is 1. The molecule has 1 aromatic heterocycles. The first kappa shape index (κ1) is 12.2. The van der Waals surface area contributed by atoms with Crippen molar-refractivity contribution in [2.24, 2.45) is 0 Å². The molecule has 0 saturated carbocycles. The first-order valence-electron chi connectivity index (χ1n) is 5.94. The second kappa shape index (κ2) is 4.69. The normalized spacial score (nSPS) is 16.9. The lowest BCUT2D eigenvalue weighted by Crippen LogP contribution is -2.24. The second-order valence-electron chi connectivity index (χ2n) is 4.26. The van der Waals surface area contributed by atoms with Gasteiger partial charge in [0.2, 0.25) is 5.95 Å². The van der Waals surface area contributed by atoms with Crippen LogP contribution in [0.25, 0.3) is 0 Å². The van der Waals surface area contributed by atoms with Crippen LogP contribution in [-0.2, 0) is 4.79 Å². The molecule has 1 aromatic carbocycles. The van der Waals surface area contributed by atoms with Crippen molar-refractivity contribution in [3.63, 3.8) is 0 Å². The van der Waals surface area contributed by atoms with Crippen molar-refractivity contribution in [1.82, 2.24) is 14.8 Å². The summed E-state index contributed by atoms with van der Waals surface area (Å²) < 4.78 is 6.75. The van der Waals surface area contributed by atoms with Gasteiger partial charge < -0.3 is 15.2 Å². The molecule has 2 N–H and O–H groups in total. The first-order valence-corrected chi connectivity index (χ1v) is 5.94. The molecule has 0 saturated heterocycles. The van der Waals surface area contributed by atoms with Crippen LogP contribution >= 0.6 is 0 Å². The molecule has 7 heteroatoms. The van der Waals surface area contributed by atoms with Crippen molar-refractivity contribution in [2.75, 3.05) is 12.4 Å². The standard InChI is InChI=1S/C13H12N4O3/c1-20-9-4-2-8(3-5-9)11-6-10(12(18)19)16-13-14-7-15-17(11)13/h2-7,11H,1H3,(H,18,19)(H,14,15,16). The lowest BCUT2D eigenvalue weighted by molar-refractivity contribution is -0.132. The van der Waals surface area contributed by atoms with E-state index >= 15 is 0 Å². The summed E-state index contributed by atoms with van der Waals surface area (Å²) in [7, 11) is 1.59. The Labute approximate surface area is 114 Å². The van der Waals surface area contributed by atoms with Crippen LogP contribution in [-0.4, -0.2) is 33.0 Å². The Morgan fingerprint density at radius 1 is 1.40 bits per heavy atom. The maximum absolute atomic E-state index is 11.2. The van der Waals surface area contributed by atoms with Crippen LogP contribution in [0.4, 0.5) is 5.95 Å². The number of ether oxygens (including phenoxy) is 1. The third-order valence-corrected chi connectivity index (χ3v) is 3.10. The molecule has 0 amide bonds. The highest BCUT2D eigenvalue weighted by atomic mass is 16.5. The zero-order chi connectivity index (χ0) is 14.1. The topological polar surface area (TPSA) is 89.3 Å². The van der Waals surface area contributed by atoms with Gasteiger partial charge in [0, 0.05) is 0 Å². The van der Waals surface area contributed by atoms with Gasteiger partial charge >= 0.3 is 5.97 Å². The van der Waals surface area contributed by atoms with Gasteiger partial charge in [0.15, 0.2) is 0 Å². The van der Waals surface area contributed by atoms with Gasteiger partial charge in [-0.2, -0.15) is 10.1 Å². The number of nitrogens with zero attached hydrogens (tertiary/aromatic N) is 3. The number of hydrogen-bond donors (Lipinski definition) is 2. The zero-order valence-corrected chi connectivity index (χ0v) is 10.6. The van der Waals surface area contributed by atoms with Gasteiger partial charge in [-0.1, -0.05) is 12.1 Å². The fourth-order valence-electron chi connectivity index (χ4n) is 2.10. The van der Waals surface area contributed by atoms with Crippen molar-refractivity contribution < 1.29 is 14.6 Å². The number of rotatable bonds is 3. The molecule has 20 heavy (non-hydrogen) atoms. The summed E-state index contributed by atoms with van der Waals surface area (Å²) in [5, 5.41) is 16.0. The van der Waals surface area contributed by atoms with Gasteiger partial charge in [0.1, 0.15) is 23.8 Å². The number of fused-ring (bicyclic) bond motifs is 1. The van der Waals surface area contributed by atoms with Gasteiger partial charge in [-0.05, 0) is 23.8 Å². The maximum atomic E-state index is 11.2. The number of hydrogen-bond acceptors (Lipinski definition) is 5. The third-order valence-electron chi connectivity index (χ3n) is 3.10. The van der Waals surface area contributed by atoms with Crippen LogP contribution in [0, 0.1) is 0 Å². The van der Waals surface area contributed by atoms with Crippen LogP contribution in [0.2, 0.25) is 0 Å². The first-order chi connectivity index (χ1) is 9.69. The molecule has 2 heterocycles. The number of aliphatic carboxylic acids is 1. The van der Waals surface area contributed by atoms with Gasteiger partial charge in [-0.3, -0.25) is 0 Å². The van der Waals surface area contributed by atoms with E-state index in [2.05, 4.69) is 15.4 Å². The van der Waals surface area contributed by atoms with Crippen LogP contribution in [0.1, 0.15) is 11.6 Å². The summed E-state index contributed by atoms with van der Waals surface area (Å²) in [5.74, 6) is 0.118. The van der Waals surface area contributed by atoms with Gasteiger partial charge in [-0.15, -0.1) is 0 Å². The minimum atomic E-state index is -1.03. The van der Waals surface area contributed by atoms with E-state index in [1.807, 2.05) is 24.3 Å². The van der Waals surface area contributed by atoms with Gasteiger partial charge in [0.05, 0.1) is 7.11 Å². The summed E-state index contributed by atoms with van der Waals surface area (Å²) >= 11 is 0. The molecular weight excluding hydrogens is 260 g/mol. The average Bonchev–Trinajstić information content (AvgIpc) is 2.94. The largest absolute Gasteiger partial charge is 0.497 e. The van der Waals surface area contributed by atoms with Crippen molar-refractivity contribution in [1.29, 1.82) is 0 Å². The van der Waals surface area contributed by atoms with Crippen molar-refractivity contribution in [3.05, 3.63) is 47.9 Å². The summed E-state index contributed by atoms with van der Waals surface area (Å²) in [6, 6.07) is 7.07. The molecule has 0 fully saturated rings. The van der Waals surface area contributed by atoms with Crippen molar-refractivity contribution >= 4 is 11.9 Å². The third kappa shape index (κ3) is 1.99. The monoisotopic (exact) mass is 272 g/mol. The molecule has 0 radical (unpaired) electrons. The summed E-state index contributed by atoms with van der Waals surface area (Å²) in [5.41, 5.74) is 0.990. The SMILES string of the molecule is COc1ccc(C2C=C(C(=O)O)Nc3ncnn32)cc1. The smallest absolute Gasteiger partial charge is 0.352 e. The highest BCUT2D eigenvalue weighted by Crippen LogP contribution is 2.29. The molecule has 1 aliphatic heterocycles. The molecule has 0 spiro atoms. The Balaban J connectivity index is 2.04. The Morgan fingerprint density at radius 2 is 2.15 bits per heavy atom. The lowest BCUT2D eigenvalue weighted by atomic mass is 10.0. The van der Waals surface area contributed by atoms with Crippen molar-refractivity contribution in [2.45, 2.75) is 6.04 Å². The number of nitrogens with one attached hydrogen (secondary N) is 1. The van der Waals surface area contributed by atoms with E-state index in [1.165, 1.54) is 6.33 Å². The Hall–Kier alpha value is -2.83. The number of methoxy groups -OCH3 is 1. The second-order valence-corrected chi connectivity index (χ2v) is 4.26. The summed E-state index contributed by atoms with van der Waals surface area (Å²) in [6.07, 6.45) is 2.99. The molecular formula is C13H12N4O3. The molecule has 1 aliphatic rings. The van der Waals surface area contributed by atoms with Gasteiger partial charge in [0.25, 0.3) is 0 Å². The van der Waals surface area contributed by atoms with Crippen LogP contribution in [0.5, 0.6) is 5.75 Å². The molecule has 2 aromatic rings. The number of aromatic nitrogens is 3. The van der Waals surface area contributed by atoms with E-state index in [0.29, 0.717) is 5.95 Å². The fourth-order valence-corrected chi connectivity index (χ4v) is 2.10. The predicted molar refractivity (Wildman–Crippen MR) is 70.5 cm³/mol. The number of anilines is 1. The van der Waals surface area contributed by atoms with Crippen LogP contribution < -0.4 is 10.1 Å². The number of carboxylic acid groups (broad SMARTS) is 1. The highest BCUT2D eigenvalue weighted by molar-refractivity contribution is 5.90. The lowest BCUT2D eigenvalue weighted by Gasteiger charge is -2.22. The molecule has 7 nitrogen and oxygen atoms in total. The Bertz CT molecular complexity index is 675. The minimum absolute atomic E-state index is 0.0892. The number of carbonyl (C=O) groups is 1. The van der Waals surface area contributed by atoms with E-state index in [1.54, 1.807) is 17.9 Å². The zero-order valence-electron chi connectivity index (χ0n) is 10.6. The number of carboxylic acids is 1. The van der Waals surface area contributed by atoms with E-state index in [9.17, 15) is 4.79 Å². The van der Waals surface area contributed by atoms with E-state index < -0.39 is 5.97 Å². The predicted octanol–water partition coefficient (Wildman–Crippen LogP) is 1.27. The molecule has 1 unspecified atom stereocenters. The van der Waals surface area contributed by atoms with E-state index in [4.69, 9.17) is 9.84 Å². The highest BCUT2D eigenvalue weighted by Gasteiger charge is 2.25. The summed E-state index contributed by atoms with van der Waals surface area (Å²) in [6.45, 7) is 0. The molecule has 3 rings (SSSR count). The maximum Gasteiger partial charge on any atom is 0.352 e. The number of allylic oxidation sites excluding steroid dienone is 1. The molecule has 1 atom stereocenters. The Morgan fingerprint density at radius 3 is 2.80 bits per heavy atom. The van der Waals surface area contributed by atoms with Crippen LogP contribution in [0.15, 0.2) is 42.4 Å². The van der Waals surface area contributed by atoms with E-state index in [0.717, 1.165) is 11.3 Å². The quantitative estimate of drug-likeness (QED) is 0.874. The average molecular weight is 272 g/mol. The molecule has 102 valence electrons. The molecule has 0 aliphatic carbocycles. The Kier molecular flexibility index (Phi) is 2.86.